The molecule has 3 rings (SSSR count). The van der Waals surface area contributed by atoms with E-state index in [4.69, 9.17) is 0 Å². The minimum Gasteiger partial charge on any atom is -0.481 e. The number of hydrogen-bond acceptors (Lipinski definition) is 3. The van der Waals surface area contributed by atoms with Crippen LogP contribution in [0.15, 0.2) is 0 Å². The van der Waals surface area contributed by atoms with Gasteiger partial charge >= 0.3 is 5.97 Å². The quantitative estimate of drug-likeness (QED) is 0.812. The third-order valence-electron chi connectivity index (χ3n) is 6.39. The summed E-state index contributed by atoms with van der Waals surface area (Å²) in [7, 11) is 0. The van der Waals surface area contributed by atoms with Crippen LogP contribution in [0.5, 0.6) is 0 Å². The van der Waals surface area contributed by atoms with Crippen molar-refractivity contribution in [3.05, 3.63) is 0 Å². The zero-order chi connectivity index (χ0) is 18.0. The number of carbonyl (C=O) groups excluding carboxylic acids is 2. The molecule has 3 aliphatic rings. The maximum Gasteiger partial charge on any atom is 0.308 e. The maximum absolute atomic E-state index is 12.7. The monoisotopic (exact) mass is 350 g/mol. The number of carbonyl (C=O) groups is 3. The SMILES string of the molecule is C[C@@H]1CN(C(=O)C2CCC(NC(=O)C3CCCC3)CC2)C[C@H]1C(=O)O. The normalized spacial score (nSPS) is 33.4. The highest BCUT2D eigenvalue weighted by Gasteiger charge is 2.39. The van der Waals surface area contributed by atoms with Crippen LogP contribution in [-0.2, 0) is 14.4 Å². The van der Waals surface area contributed by atoms with Gasteiger partial charge in [0.1, 0.15) is 0 Å². The van der Waals surface area contributed by atoms with Crippen LogP contribution in [0.2, 0.25) is 0 Å². The lowest BCUT2D eigenvalue weighted by Crippen LogP contribution is -2.43. The molecule has 0 aromatic heterocycles. The van der Waals surface area contributed by atoms with E-state index < -0.39 is 11.9 Å². The summed E-state index contributed by atoms with van der Waals surface area (Å²) >= 11 is 0. The highest BCUT2D eigenvalue weighted by molar-refractivity contribution is 5.81. The lowest BCUT2D eigenvalue weighted by atomic mass is 9.85. The molecule has 1 heterocycles. The van der Waals surface area contributed by atoms with Crippen LogP contribution < -0.4 is 5.32 Å². The largest absolute Gasteiger partial charge is 0.481 e. The molecule has 2 amide bonds. The number of carboxylic acids is 1. The standard InChI is InChI=1S/C19H30N2O4/c1-12-10-21(11-16(12)19(24)25)18(23)14-6-8-15(9-7-14)20-17(22)13-4-2-3-5-13/h12-16H,2-11H2,1H3,(H,20,22)(H,24,25)/t12-,14?,15?,16-/m1/s1. The molecule has 1 aliphatic heterocycles. The Morgan fingerprint density at radius 2 is 1.56 bits per heavy atom. The number of nitrogens with zero attached hydrogens (tertiary/aromatic N) is 1. The molecule has 6 heteroatoms. The van der Waals surface area contributed by atoms with Crippen molar-refractivity contribution in [3.8, 4) is 0 Å². The van der Waals surface area contributed by atoms with E-state index in [-0.39, 0.29) is 35.6 Å². The Hall–Kier alpha value is -1.59. The summed E-state index contributed by atoms with van der Waals surface area (Å²) in [5, 5.41) is 12.4. The highest BCUT2D eigenvalue weighted by Crippen LogP contribution is 2.31. The van der Waals surface area contributed by atoms with Crippen LogP contribution >= 0.6 is 0 Å². The topological polar surface area (TPSA) is 86.7 Å². The van der Waals surface area contributed by atoms with Gasteiger partial charge in [-0.1, -0.05) is 19.8 Å². The molecule has 25 heavy (non-hydrogen) atoms. The van der Waals surface area contributed by atoms with Gasteiger partial charge in [-0.25, -0.2) is 0 Å². The van der Waals surface area contributed by atoms with E-state index in [2.05, 4.69) is 5.32 Å². The Morgan fingerprint density at radius 1 is 0.920 bits per heavy atom. The Bertz CT molecular complexity index is 522. The molecular formula is C19H30N2O4. The molecule has 0 aromatic carbocycles. The molecule has 0 radical (unpaired) electrons. The van der Waals surface area contributed by atoms with Crippen LogP contribution in [-0.4, -0.2) is 46.9 Å². The zero-order valence-corrected chi connectivity index (χ0v) is 15.1. The summed E-state index contributed by atoms with van der Waals surface area (Å²) in [5.41, 5.74) is 0. The molecule has 0 unspecified atom stereocenters. The van der Waals surface area contributed by atoms with Crippen molar-refractivity contribution in [2.75, 3.05) is 13.1 Å². The second-order valence-electron chi connectivity index (χ2n) is 8.20. The number of hydrogen-bond donors (Lipinski definition) is 2. The Morgan fingerprint density at radius 3 is 2.12 bits per heavy atom. The van der Waals surface area contributed by atoms with E-state index in [0.717, 1.165) is 51.4 Å². The Balaban J connectivity index is 1.45. The fraction of sp³-hybridized carbons (Fsp3) is 0.842. The molecule has 2 saturated carbocycles. The number of rotatable bonds is 4. The van der Waals surface area contributed by atoms with Crippen molar-refractivity contribution in [1.82, 2.24) is 10.2 Å². The molecule has 0 spiro atoms. The van der Waals surface area contributed by atoms with E-state index in [1.165, 1.54) is 0 Å². The van der Waals surface area contributed by atoms with Crippen molar-refractivity contribution >= 4 is 17.8 Å². The van der Waals surface area contributed by atoms with E-state index in [1.807, 2.05) is 6.92 Å². The molecule has 1 saturated heterocycles. The average molecular weight is 350 g/mol. The summed E-state index contributed by atoms with van der Waals surface area (Å²) in [6.07, 6.45) is 7.61. The van der Waals surface area contributed by atoms with Crippen LogP contribution in [0.25, 0.3) is 0 Å². The van der Waals surface area contributed by atoms with Gasteiger partial charge in [0.15, 0.2) is 0 Å². The molecule has 2 atom stereocenters. The van der Waals surface area contributed by atoms with E-state index >= 15 is 0 Å². The minimum atomic E-state index is -0.805. The lowest BCUT2D eigenvalue weighted by molar-refractivity contribution is -0.142. The number of carboxylic acid groups (broad SMARTS) is 1. The van der Waals surface area contributed by atoms with Gasteiger partial charge in [0.25, 0.3) is 0 Å². The number of likely N-dealkylation sites (tertiary alicyclic amines) is 1. The van der Waals surface area contributed by atoms with Crippen LogP contribution in [0.3, 0.4) is 0 Å². The third-order valence-corrected chi connectivity index (χ3v) is 6.39. The van der Waals surface area contributed by atoms with Crippen LogP contribution in [0.1, 0.15) is 58.3 Å². The van der Waals surface area contributed by atoms with Crippen molar-refractivity contribution in [2.45, 2.75) is 64.3 Å². The van der Waals surface area contributed by atoms with E-state index in [0.29, 0.717) is 13.1 Å². The summed E-state index contributed by atoms with van der Waals surface area (Å²) in [5.74, 6) is -0.741. The van der Waals surface area contributed by atoms with Crippen molar-refractivity contribution < 1.29 is 19.5 Å². The Labute approximate surface area is 149 Å². The van der Waals surface area contributed by atoms with Gasteiger partial charge in [-0.15, -0.1) is 0 Å². The molecule has 140 valence electrons. The zero-order valence-electron chi connectivity index (χ0n) is 15.1. The first-order chi connectivity index (χ1) is 12.0. The van der Waals surface area contributed by atoms with Gasteiger partial charge in [0.05, 0.1) is 5.92 Å². The minimum absolute atomic E-state index is 0.0145. The fourth-order valence-electron chi connectivity index (χ4n) is 4.72. The number of amides is 2. The first-order valence-electron chi connectivity index (χ1n) is 9.77. The van der Waals surface area contributed by atoms with Crippen molar-refractivity contribution in [1.29, 1.82) is 0 Å². The summed E-state index contributed by atoms with van der Waals surface area (Å²) in [6, 6.07) is 0.196. The molecule has 6 nitrogen and oxygen atoms in total. The number of aliphatic carboxylic acids is 1. The van der Waals surface area contributed by atoms with Gasteiger partial charge in [-0.3, -0.25) is 14.4 Å². The van der Waals surface area contributed by atoms with E-state index in [9.17, 15) is 19.5 Å². The molecular weight excluding hydrogens is 320 g/mol. The maximum atomic E-state index is 12.7. The van der Waals surface area contributed by atoms with Crippen LogP contribution in [0, 0.1) is 23.7 Å². The second kappa shape index (κ2) is 7.75. The predicted octanol–water partition coefficient (Wildman–Crippen LogP) is 2.03. The van der Waals surface area contributed by atoms with Crippen LogP contribution in [0.4, 0.5) is 0 Å². The smallest absolute Gasteiger partial charge is 0.308 e. The highest BCUT2D eigenvalue weighted by atomic mass is 16.4. The van der Waals surface area contributed by atoms with Gasteiger partial charge < -0.3 is 15.3 Å². The summed E-state index contributed by atoms with van der Waals surface area (Å²) in [4.78, 5) is 37.9. The molecule has 0 aromatic rings. The summed E-state index contributed by atoms with van der Waals surface area (Å²) in [6.45, 7) is 2.79. The first-order valence-corrected chi connectivity index (χ1v) is 9.77. The van der Waals surface area contributed by atoms with Gasteiger partial charge in [0.2, 0.25) is 11.8 Å². The Kier molecular flexibility index (Phi) is 5.64. The average Bonchev–Trinajstić information content (AvgIpc) is 3.24. The molecule has 2 aliphatic carbocycles. The molecule has 2 N–H and O–H groups in total. The first kappa shape index (κ1) is 18.2. The molecule has 3 fully saturated rings. The molecule has 0 bridgehead atoms. The predicted molar refractivity (Wildman–Crippen MR) is 92.7 cm³/mol. The summed E-state index contributed by atoms with van der Waals surface area (Å²) < 4.78 is 0. The van der Waals surface area contributed by atoms with E-state index in [1.54, 1.807) is 4.90 Å². The van der Waals surface area contributed by atoms with Crippen molar-refractivity contribution in [2.24, 2.45) is 23.7 Å². The fourth-order valence-corrected chi connectivity index (χ4v) is 4.72. The lowest BCUT2D eigenvalue weighted by Gasteiger charge is -2.31. The van der Waals surface area contributed by atoms with Gasteiger partial charge in [-0.05, 0) is 44.4 Å². The van der Waals surface area contributed by atoms with Gasteiger partial charge in [-0.2, -0.15) is 0 Å². The van der Waals surface area contributed by atoms with Gasteiger partial charge in [0, 0.05) is 31.0 Å². The second-order valence-corrected chi connectivity index (χ2v) is 8.20. The number of nitrogens with one attached hydrogen (secondary N) is 1. The van der Waals surface area contributed by atoms with Crippen molar-refractivity contribution in [3.63, 3.8) is 0 Å². The third kappa shape index (κ3) is 4.15.